The maximum absolute atomic E-state index is 15.4. The fourth-order valence-corrected chi connectivity index (χ4v) is 7.42. The Labute approximate surface area is 387 Å². The molecule has 0 unspecified atom stereocenters. The number of hydrogen-bond acceptors (Lipinski definition) is 22. The number of allylic oxidation sites excluding steroid dienone is 2. The van der Waals surface area contributed by atoms with E-state index >= 15 is 9.59 Å². The van der Waals surface area contributed by atoms with Crippen LogP contribution >= 0.6 is 0 Å². The van der Waals surface area contributed by atoms with E-state index in [0.29, 0.717) is 0 Å². The Kier molecular flexibility index (Phi) is 17.3. The zero-order valence-corrected chi connectivity index (χ0v) is 37.9. The van der Waals surface area contributed by atoms with E-state index in [1.165, 1.54) is 48.5 Å². The van der Waals surface area contributed by atoms with Crippen molar-refractivity contribution in [2.75, 3.05) is 13.2 Å². The van der Waals surface area contributed by atoms with Crippen molar-refractivity contribution in [3.63, 3.8) is 0 Å². The second-order valence-electron chi connectivity index (χ2n) is 15.2. The SMILES string of the molecule is CC(=O)OC[C@@H]1O[C@H](OC2=C(c3ccccc3)C(=O)C(O[C@@H]3O[C@H](COC(C)=O)[C@H](OC(C)=O)[C@H](OC(C)=O)[C@@H]3OC(C)=O)=C(c3ccccc3)C2=O)[C@@H](OC(C)=O)[C@H](OC(C)=O)[C@H]1OC(C)=O. The van der Waals surface area contributed by atoms with Gasteiger partial charge in [0.2, 0.25) is 36.4 Å². The zero-order chi connectivity index (χ0) is 50.0. The number of benzene rings is 2. The summed E-state index contributed by atoms with van der Waals surface area (Å²) in [5, 5.41) is 0. The van der Waals surface area contributed by atoms with Crippen molar-refractivity contribution in [2.24, 2.45) is 0 Å². The van der Waals surface area contributed by atoms with Crippen LogP contribution in [0.2, 0.25) is 0 Å². The average Bonchev–Trinajstić information content (AvgIpc) is 3.25. The van der Waals surface area contributed by atoms with Gasteiger partial charge in [-0.2, -0.15) is 0 Å². The fraction of sp³-hybridized carbons (Fsp3) is 0.435. The van der Waals surface area contributed by atoms with Crippen molar-refractivity contribution in [1.29, 1.82) is 0 Å². The number of ketones is 2. The second kappa shape index (κ2) is 22.8. The predicted molar refractivity (Wildman–Crippen MR) is 223 cm³/mol. The molecule has 2 saturated heterocycles. The van der Waals surface area contributed by atoms with Crippen molar-refractivity contribution < 1.29 is 105 Å². The highest BCUT2D eigenvalue weighted by Gasteiger charge is 2.57. The molecule has 0 spiro atoms. The van der Waals surface area contributed by atoms with Crippen LogP contribution in [0.5, 0.6) is 0 Å². The summed E-state index contributed by atoms with van der Waals surface area (Å²) in [5.74, 6) is -11.0. The molecule has 1 aliphatic carbocycles. The topological polar surface area (TPSA) is 281 Å². The number of esters is 8. The van der Waals surface area contributed by atoms with Gasteiger partial charge in [-0.3, -0.25) is 47.9 Å². The van der Waals surface area contributed by atoms with Gasteiger partial charge in [0, 0.05) is 55.4 Å². The minimum absolute atomic E-state index is 0.0289. The first-order valence-corrected chi connectivity index (χ1v) is 20.8. The summed E-state index contributed by atoms with van der Waals surface area (Å²) >= 11 is 0. The number of rotatable bonds is 16. The van der Waals surface area contributed by atoms with Gasteiger partial charge in [0.1, 0.15) is 25.4 Å². The number of hydrogen-bond donors (Lipinski definition) is 0. The summed E-state index contributed by atoms with van der Waals surface area (Å²) in [5.41, 5.74) is -0.963. The molecule has 0 amide bonds. The van der Waals surface area contributed by atoms with E-state index in [2.05, 4.69) is 0 Å². The lowest BCUT2D eigenvalue weighted by Crippen LogP contribution is -2.63. The van der Waals surface area contributed by atoms with E-state index < -0.39 is 157 Å². The first kappa shape index (κ1) is 51.5. The molecule has 22 heteroatoms. The lowest BCUT2D eigenvalue weighted by Gasteiger charge is -2.45. The maximum atomic E-state index is 15.4. The van der Waals surface area contributed by atoms with Gasteiger partial charge in [-0.25, -0.2) is 0 Å². The standard InChI is InChI=1S/C46H48O22/c1-21(47)57-19-31-37(59-23(3)49)41(61-25(5)51)43(63-27(7)53)45(65-31)67-39-33(29-15-11-9-12-16-29)36(56)40(34(35(39)55)30-17-13-10-14-18-30)68-46-44(64-28(8)54)42(62-26(6)52)38(60-24(4)50)32(66-46)20-58-22(2)48/h9-18,31-32,37-38,41-46H,19-20H2,1-8H3/t31-,32+,37-,38-,41+,42-,43-,44-,45+,46-/m0/s1. The van der Waals surface area contributed by atoms with Crippen LogP contribution in [0.25, 0.3) is 11.1 Å². The molecule has 10 atom stereocenters. The minimum Gasteiger partial charge on any atom is -0.463 e. The molecule has 22 nitrogen and oxygen atoms in total. The van der Waals surface area contributed by atoms with Crippen molar-refractivity contribution in [1.82, 2.24) is 0 Å². The van der Waals surface area contributed by atoms with E-state index in [1.807, 2.05) is 0 Å². The normalized spacial score (nSPS) is 25.8. The zero-order valence-electron chi connectivity index (χ0n) is 37.9. The first-order chi connectivity index (χ1) is 32.2. The predicted octanol–water partition coefficient (Wildman–Crippen LogP) is 2.16. The third-order valence-electron chi connectivity index (χ3n) is 9.81. The van der Waals surface area contributed by atoms with Crippen LogP contribution in [0, 0.1) is 0 Å². The maximum Gasteiger partial charge on any atom is 0.303 e. The van der Waals surface area contributed by atoms with Crippen LogP contribution in [0.4, 0.5) is 0 Å². The Bertz CT molecular complexity index is 2190. The molecule has 0 saturated carbocycles. The molecule has 364 valence electrons. The van der Waals surface area contributed by atoms with Gasteiger partial charge < -0.3 is 56.8 Å². The Morgan fingerprint density at radius 3 is 0.956 bits per heavy atom. The summed E-state index contributed by atoms with van der Waals surface area (Å²) in [7, 11) is 0. The largest absolute Gasteiger partial charge is 0.463 e. The molecule has 3 aliphatic rings. The Balaban J connectivity index is 1.74. The first-order valence-electron chi connectivity index (χ1n) is 20.8. The number of carbonyl (C=O) groups is 10. The van der Waals surface area contributed by atoms with E-state index in [0.717, 1.165) is 55.4 Å². The highest BCUT2D eigenvalue weighted by Crippen LogP contribution is 2.42. The van der Waals surface area contributed by atoms with Gasteiger partial charge in [-0.05, 0) is 11.1 Å². The summed E-state index contributed by atoms with van der Waals surface area (Å²) in [4.78, 5) is 130. The quantitative estimate of drug-likeness (QED) is 0.132. The molecule has 2 aromatic carbocycles. The van der Waals surface area contributed by atoms with Crippen molar-refractivity contribution in [3.05, 3.63) is 83.3 Å². The fourth-order valence-electron chi connectivity index (χ4n) is 7.42. The van der Waals surface area contributed by atoms with E-state index in [9.17, 15) is 38.4 Å². The average molecular weight is 953 g/mol. The van der Waals surface area contributed by atoms with Crippen LogP contribution < -0.4 is 0 Å². The minimum atomic E-state index is -2.00. The molecule has 2 aromatic rings. The van der Waals surface area contributed by atoms with Crippen molar-refractivity contribution >= 4 is 70.5 Å². The number of Topliss-reactive ketones (excluding diaryl/α,β-unsaturated/α-hetero) is 2. The van der Waals surface area contributed by atoms with Gasteiger partial charge in [-0.15, -0.1) is 0 Å². The van der Waals surface area contributed by atoms with Gasteiger partial charge >= 0.3 is 47.8 Å². The van der Waals surface area contributed by atoms with Gasteiger partial charge in [0.05, 0.1) is 11.1 Å². The third kappa shape index (κ3) is 12.9. The molecule has 2 heterocycles. The number of carbonyl (C=O) groups excluding carboxylic acids is 10. The van der Waals surface area contributed by atoms with Crippen molar-refractivity contribution in [2.45, 2.75) is 117 Å². The summed E-state index contributed by atoms with van der Waals surface area (Å²) in [6, 6.07) is 15.0. The molecule has 0 bridgehead atoms. The summed E-state index contributed by atoms with van der Waals surface area (Å²) in [6.45, 7) is 6.89. The van der Waals surface area contributed by atoms with Crippen LogP contribution in [-0.2, 0) is 105 Å². The van der Waals surface area contributed by atoms with Crippen LogP contribution in [0.3, 0.4) is 0 Å². The Morgan fingerprint density at radius 1 is 0.397 bits per heavy atom. The van der Waals surface area contributed by atoms with Crippen LogP contribution in [-0.4, -0.2) is 134 Å². The molecule has 0 radical (unpaired) electrons. The monoisotopic (exact) mass is 952 g/mol. The molecular weight excluding hydrogens is 904 g/mol. The smallest absolute Gasteiger partial charge is 0.303 e. The van der Waals surface area contributed by atoms with Gasteiger partial charge in [0.25, 0.3) is 0 Å². The van der Waals surface area contributed by atoms with E-state index in [-0.39, 0.29) is 11.1 Å². The van der Waals surface area contributed by atoms with Gasteiger partial charge in [0.15, 0.2) is 35.9 Å². The Morgan fingerprint density at radius 2 is 0.676 bits per heavy atom. The summed E-state index contributed by atoms with van der Waals surface area (Å²) < 4.78 is 68.4. The lowest BCUT2D eigenvalue weighted by atomic mass is 9.85. The molecule has 2 aliphatic heterocycles. The molecule has 68 heavy (non-hydrogen) atoms. The van der Waals surface area contributed by atoms with Crippen LogP contribution in [0.15, 0.2) is 72.2 Å². The molecule has 5 rings (SSSR count). The highest BCUT2D eigenvalue weighted by atomic mass is 16.8. The van der Waals surface area contributed by atoms with Crippen molar-refractivity contribution in [3.8, 4) is 0 Å². The van der Waals surface area contributed by atoms with E-state index in [4.69, 9.17) is 56.8 Å². The molecule has 0 N–H and O–H groups in total. The third-order valence-corrected chi connectivity index (χ3v) is 9.81. The highest BCUT2D eigenvalue weighted by molar-refractivity contribution is 6.46. The second-order valence-corrected chi connectivity index (χ2v) is 15.2. The molecular formula is C46H48O22. The van der Waals surface area contributed by atoms with Crippen LogP contribution in [0.1, 0.15) is 66.5 Å². The molecule has 2 fully saturated rings. The molecule has 0 aromatic heterocycles. The Hall–Kier alpha value is -7.46. The lowest BCUT2D eigenvalue weighted by molar-refractivity contribution is -0.300. The van der Waals surface area contributed by atoms with Gasteiger partial charge in [-0.1, -0.05) is 60.7 Å². The van der Waals surface area contributed by atoms with E-state index in [1.54, 1.807) is 12.1 Å². The summed E-state index contributed by atoms with van der Waals surface area (Å²) in [6.07, 6.45) is -17.4. The number of ether oxygens (including phenoxy) is 12.